The highest BCUT2D eigenvalue weighted by molar-refractivity contribution is 5.29. The van der Waals surface area contributed by atoms with Crippen molar-refractivity contribution in [2.45, 2.75) is 59.9 Å². The van der Waals surface area contributed by atoms with Crippen LogP contribution in [0.4, 0.5) is 0 Å². The Bertz CT molecular complexity index is 675. The summed E-state index contributed by atoms with van der Waals surface area (Å²) in [5.41, 5.74) is 4.42. The van der Waals surface area contributed by atoms with Crippen molar-refractivity contribution in [3.63, 3.8) is 0 Å². The summed E-state index contributed by atoms with van der Waals surface area (Å²) in [7, 11) is 0. The number of benzene rings is 2. The Morgan fingerprint density at radius 1 is 0.846 bits per heavy atom. The fourth-order valence-corrected chi connectivity index (χ4v) is 2.68. The fourth-order valence-electron chi connectivity index (χ4n) is 2.68. The van der Waals surface area contributed by atoms with E-state index in [-0.39, 0.29) is 10.8 Å². The first-order valence-electron chi connectivity index (χ1n) is 9.65. The van der Waals surface area contributed by atoms with Gasteiger partial charge in [-0.25, -0.2) is 0 Å². The molecule has 2 aromatic rings. The summed E-state index contributed by atoms with van der Waals surface area (Å²) in [4.78, 5) is 0. The lowest BCUT2D eigenvalue weighted by Gasteiger charge is -2.19. The Morgan fingerprint density at radius 2 is 1.54 bits per heavy atom. The van der Waals surface area contributed by atoms with E-state index in [4.69, 9.17) is 4.74 Å². The Morgan fingerprint density at radius 3 is 2.15 bits per heavy atom. The van der Waals surface area contributed by atoms with Crippen molar-refractivity contribution in [3.05, 3.63) is 65.2 Å². The largest absolute Gasteiger partial charge is 0.493 e. The van der Waals surface area contributed by atoms with E-state index < -0.39 is 0 Å². The van der Waals surface area contributed by atoms with Crippen LogP contribution in [0.2, 0.25) is 0 Å². The number of rotatable bonds is 7. The molecule has 0 aliphatic heterocycles. The predicted molar refractivity (Wildman–Crippen MR) is 112 cm³/mol. The average molecular weight is 354 g/mol. The molecule has 2 heteroatoms. The van der Waals surface area contributed by atoms with Gasteiger partial charge in [0.05, 0.1) is 6.61 Å². The molecule has 1 N–H and O–H groups in total. The highest BCUT2D eigenvalue weighted by Gasteiger charge is 2.13. The molecule has 0 saturated carbocycles. The van der Waals surface area contributed by atoms with E-state index >= 15 is 0 Å². The minimum Gasteiger partial charge on any atom is -0.493 e. The van der Waals surface area contributed by atoms with Crippen molar-refractivity contribution >= 4 is 0 Å². The molecule has 0 aromatic heterocycles. The topological polar surface area (TPSA) is 21.3 Å². The summed E-state index contributed by atoms with van der Waals surface area (Å²) in [6.45, 7) is 15.9. The highest BCUT2D eigenvalue weighted by Crippen LogP contribution is 2.22. The van der Waals surface area contributed by atoms with E-state index in [1.165, 1.54) is 16.7 Å². The Labute approximate surface area is 160 Å². The van der Waals surface area contributed by atoms with E-state index in [0.717, 1.165) is 31.9 Å². The van der Waals surface area contributed by atoms with Crippen LogP contribution in [0.25, 0.3) is 0 Å². The van der Waals surface area contributed by atoms with Gasteiger partial charge in [0.25, 0.3) is 0 Å². The number of hydrogen-bond acceptors (Lipinski definition) is 2. The van der Waals surface area contributed by atoms with Gasteiger partial charge < -0.3 is 10.1 Å². The molecule has 0 saturated heterocycles. The van der Waals surface area contributed by atoms with Crippen LogP contribution in [0.5, 0.6) is 5.75 Å². The van der Waals surface area contributed by atoms with E-state index in [0.29, 0.717) is 0 Å². The first-order chi connectivity index (χ1) is 12.1. The summed E-state index contributed by atoms with van der Waals surface area (Å²) in [6.07, 6.45) is 1.01. The van der Waals surface area contributed by atoms with E-state index in [1.807, 2.05) is 6.07 Å². The molecule has 0 unspecified atom stereocenters. The maximum Gasteiger partial charge on any atom is 0.119 e. The summed E-state index contributed by atoms with van der Waals surface area (Å²) in [5.74, 6) is 0.968. The van der Waals surface area contributed by atoms with E-state index in [9.17, 15) is 0 Å². The zero-order chi connectivity index (χ0) is 19.2. The highest BCUT2D eigenvalue weighted by atomic mass is 16.5. The van der Waals surface area contributed by atoms with Crippen molar-refractivity contribution < 1.29 is 4.74 Å². The van der Waals surface area contributed by atoms with E-state index in [1.54, 1.807) is 0 Å². The summed E-state index contributed by atoms with van der Waals surface area (Å²) in [5, 5.41) is 3.54. The Balaban J connectivity index is 1.77. The number of hydrogen-bond donors (Lipinski definition) is 1. The van der Waals surface area contributed by atoms with Crippen molar-refractivity contribution in [1.29, 1.82) is 0 Å². The maximum atomic E-state index is 5.90. The van der Waals surface area contributed by atoms with Gasteiger partial charge in [-0.05, 0) is 52.6 Å². The molecule has 26 heavy (non-hydrogen) atoms. The first kappa shape index (κ1) is 20.5. The molecule has 0 spiro atoms. The molecule has 0 radical (unpaired) electrons. The number of nitrogens with one attached hydrogen (secondary N) is 1. The van der Waals surface area contributed by atoms with Crippen molar-refractivity contribution in [2.24, 2.45) is 5.41 Å². The molecule has 0 aliphatic rings. The summed E-state index contributed by atoms with van der Waals surface area (Å²) < 4.78 is 5.90. The van der Waals surface area contributed by atoms with Crippen molar-refractivity contribution in [3.8, 4) is 5.75 Å². The van der Waals surface area contributed by atoms with Gasteiger partial charge in [0.2, 0.25) is 0 Å². The Kier molecular flexibility index (Phi) is 6.88. The van der Waals surface area contributed by atoms with Gasteiger partial charge >= 0.3 is 0 Å². The van der Waals surface area contributed by atoms with Gasteiger partial charge in [-0.3, -0.25) is 0 Å². The molecule has 0 amide bonds. The van der Waals surface area contributed by atoms with Crippen LogP contribution in [-0.2, 0) is 18.4 Å². The molecular weight excluding hydrogens is 318 g/mol. The van der Waals surface area contributed by atoms with Crippen molar-refractivity contribution in [1.82, 2.24) is 5.32 Å². The summed E-state index contributed by atoms with van der Waals surface area (Å²) in [6, 6.07) is 17.4. The Hall–Kier alpha value is -1.80. The lowest BCUT2D eigenvalue weighted by molar-refractivity contribution is 0.198. The summed E-state index contributed by atoms with van der Waals surface area (Å²) >= 11 is 0. The van der Waals surface area contributed by atoms with Gasteiger partial charge in [-0.2, -0.15) is 0 Å². The quantitative estimate of drug-likeness (QED) is 0.641. The zero-order valence-electron chi connectivity index (χ0n) is 17.4. The van der Waals surface area contributed by atoms with Crippen LogP contribution in [0, 0.1) is 5.41 Å². The molecule has 2 nitrogen and oxygen atoms in total. The molecule has 2 rings (SSSR count). The minimum absolute atomic E-state index is 0.181. The fraction of sp³-hybridized carbons (Fsp3) is 0.500. The van der Waals surface area contributed by atoms with Crippen LogP contribution < -0.4 is 10.1 Å². The van der Waals surface area contributed by atoms with Crippen molar-refractivity contribution in [2.75, 3.05) is 13.2 Å². The molecule has 2 aromatic carbocycles. The molecule has 0 atom stereocenters. The molecule has 142 valence electrons. The van der Waals surface area contributed by atoms with Gasteiger partial charge in [0.1, 0.15) is 5.75 Å². The van der Waals surface area contributed by atoms with Crippen LogP contribution in [0.3, 0.4) is 0 Å². The smallest absolute Gasteiger partial charge is 0.119 e. The molecule has 0 aliphatic carbocycles. The second kappa shape index (κ2) is 8.73. The SMILES string of the molecule is CC(C)(C)COc1cccc(CCNCc2ccc(C(C)(C)C)cc2)c1. The van der Waals surface area contributed by atoms with Crippen LogP contribution in [0.1, 0.15) is 58.2 Å². The predicted octanol–water partition coefficient (Wildman–Crippen LogP) is 5.74. The van der Waals surface area contributed by atoms with Gasteiger partial charge in [-0.1, -0.05) is 77.9 Å². The molecular formula is C24H35NO. The molecule has 0 fully saturated rings. The third-order valence-electron chi connectivity index (χ3n) is 4.31. The van der Waals surface area contributed by atoms with Crippen LogP contribution >= 0.6 is 0 Å². The standard InChI is InChI=1S/C24H35NO/c1-23(2,3)18-26-22-9-7-8-19(16-22)14-15-25-17-20-10-12-21(13-11-20)24(4,5)6/h7-13,16,25H,14-15,17-18H2,1-6H3. The van der Waals surface area contributed by atoms with E-state index in [2.05, 4.69) is 89.3 Å². The van der Waals surface area contributed by atoms with Crippen LogP contribution in [0.15, 0.2) is 48.5 Å². The zero-order valence-corrected chi connectivity index (χ0v) is 17.4. The van der Waals surface area contributed by atoms with Crippen LogP contribution in [-0.4, -0.2) is 13.2 Å². The minimum atomic E-state index is 0.181. The van der Waals surface area contributed by atoms with Gasteiger partial charge in [0, 0.05) is 6.54 Å². The molecule has 0 bridgehead atoms. The number of ether oxygens (including phenoxy) is 1. The van der Waals surface area contributed by atoms with Gasteiger partial charge in [0.15, 0.2) is 0 Å². The second-order valence-corrected chi connectivity index (χ2v) is 9.37. The lowest BCUT2D eigenvalue weighted by atomic mass is 9.87. The molecule has 0 heterocycles. The third kappa shape index (κ3) is 7.21. The van der Waals surface area contributed by atoms with Gasteiger partial charge in [-0.15, -0.1) is 0 Å². The average Bonchev–Trinajstić information content (AvgIpc) is 2.56. The second-order valence-electron chi connectivity index (χ2n) is 9.37. The maximum absolute atomic E-state index is 5.90. The third-order valence-corrected chi connectivity index (χ3v) is 4.31. The first-order valence-corrected chi connectivity index (χ1v) is 9.65. The normalized spacial score (nSPS) is 12.2. The lowest BCUT2D eigenvalue weighted by Crippen LogP contribution is -2.18. The monoisotopic (exact) mass is 353 g/mol.